The standard InChI is InChI=1S/C53H35N3/c1-5-19-36(20-6-1)41-27-13-15-29-43(41)49-45-31-17-18-32-46(45)50(44-30-16-14-28-42(44)37-21-7-2-8-22-37)48-35-40(33-34-47(48)49)53-55-51(38-23-9-3-10-24-38)54-52(56-53)39-25-11-4-12-26-39/h1-35H. The van der Waals surface area contributed by atoms with Crippen LogP contribution in [0, 0.1) is 0 Å². The Morgan fingerprint density at radius 1 is 0.214 bits per heavy atom. The van der Waals surface area contributed by atoms with Gasteiger partial charge in [0.05, 0.1) is 0 Å². The Kier molecular flexibility index (Phi) is 8.51. The van der Waals surface area contributed by atoms with Crippen LogP contribution in [0.2, 0.25) is 0 Å². The first-order chi connectivity index (χ1) is 27.8. The highest BCUT2D eigenvalue weighted by molar-refractivity contribution is 6.23. The molecule has 3 heteroatoms. The summed E-state index contributed by atoms with van der Waals surface area (Å²) in [6.07, 6.45) is 0. The summed E-state index contributed by atoms with van der Waals surface area (Å²) >= 11 is 0. The van der Waals surface area contributed by atoms with Crippen molar-refractivity contribution < 1.29 is 0 Å². The molecule has 0 fully saturated rings. The molecule has 3 nitrogen and oxygen atoms in total. The van der Waals surface area contributed by atoms with Crippen LogP contribution in [0.15, 0.2) is 212 Å². The first-order valence-electron chi connectivity index (χ1n) is 19.0. The summed E-state index contributed by atoms with van der Waals surface area (Å²) in [7, 11) is 0. The number of hydrogen-bond acceptors (Lipinski definition) is 3. The summed E-state index contributed by atoms with van der Waals surface area (Å²) in [5, 5.41) is 4.68. The van der Waals surface area contributed by atoms with Crippen molar-refractivity contribution in [3.05, 3.63) is 212 Å². The van der Waals surface area contributed by atoms with E-state index in [-0.39, 0.29) is 0 Å². The monoisotopic (exact) mass is 713 g/mol. The Morgan fingerprint density at radius 3 is 0.982 bits per heavy atom. The molecule has 0 bridgehead atoms. The van der Waals surface area contributed by atoms with E-state index in [1.807, 2.05) is 36.4 Å². The highest BCUT2D eigenvalue weighted by Gasteiger charge is 2.22. The van der Waals surface area contributed by atoms with Crippen LogP contribution in [0.5, 0.6) is 0 Å². The lowest BCUT2D eigenvalue weighted by molar-refractivity contribution is 1.07. The molecule has 0 saturated carbocycles. The fourth-order valence-electron chi connectivity index (χ4n) is 7.98. The van der Waals surface area contributed by atoms with Gasteiger partial charge >= 0.3 is 0 Å². The van der Waals surface area contributed by atoms with E-state index in [1.54, 1.807) is 0 Å². The van der Waals surface area contributed by atoms with E-state index in [0.29, 0.717) is 17.5 Å². The van der Waals surface area contributed by atoms with Gasteiger partial charge in [0.15, 0.2) is 17.5 Å². The Bertz CT molecular complexity index is 2940. The van der Waals surface area contributed by atoms with Gasteiger partial charge in [0, 0.05) is 16.7 Å². The van der Waals surface area contributed by atoms with Crippen molar-refractivity contribution in [1.82, 2.24) is 15.0 Å². The molecule has 0 aliphatic rings. The first-order valence-corrected chi connectivity index (χ1v) is 19.0. The van der Waals surface area contributed by atoms with Crippen molar-refractivity contribution in [2.75, 3.05) is 0 Å². The minimum absolute atomic E-state index is 0.626. The molecule has 0 N–H and O–H groups in total. The molecule has 10 rings (SSSR count). The van der Waals surface area contributed by atoms with Crippen LogP contribution in [-0.4, -0.2) is 15.0 Å². The second-order valence-corrected chi connectivity index (χ2v) is 13.9. The van der Waals surface area contributed by atoms with Crippen molar-refractivity contribution in [2.45, 2.75) is 0 Å². The van der Waals surface area contributed by atoms with Crippen LogP contribution < -0.4 is 0 Å². The Morgan fingerprint density at radius 2 is 0.536 bits per heavy atom. The van der Waals surface area contributed by atoms with Crippen LogP contribution >= 0.6 is 0 Å². The van der Waals surface area contributed by atoms with Gasteiger partial charge in [0.2, 0.25) is 0 Å². The lowest BCUT2D eigenvalue weighted by Crippen LogP contribution is -2.00. The maximum atomic E-state index is 5.15. The van der Waals surface area contributed by atoms with Crippen LogP contribution in [-0.2, 0) is 0 Å². The predicted octanol–water partition coefficient (Wildman–Crippen LogP) is 13.8. The van der Waals surface area contributed by atoms with Crippen LogP contribution in [0.4, 0.5) is 0 Å². The zero-order valence-corrected chi connectivity index (χ0v) is 30.5. The SMILES string of the molecule is c1ccc(-c2nc(-c3ccccc3)nc(-c3ccc4c(-c5ccccc5-c5ccccc5)c5ccccc5c(-c5ccccc5-c5ccccc5)c4c3)n2)cc1. The minimum atomic E-state index is 0.626. The van der Waals surface area contributed by atoms with Crippen molar-refractivity contribution in [1.29, 1.82) is 0 Å². The summed E-state index contributed by atoms with van der Waals surface area (Å²) in [6.45, 7) is 0. The van der Waals surface area contributed by atoms with Crippen molar-refractivity contribution in [3.63, 3.8) is 0 Å². The van der Waals surface area contributed by atoms with Gasteiger partial charge in [-0.2, -0.15) is 0 Å². The minimum Gasteiger partial charge on any atom is -0.208 e. The van der Waals surface area contributed by atoms with Crippen molar-refractivity contribution in [3.8, 4) is 78.7 Å². The van der Waals surface area contributed by atoms with E-state index in [0.717, 1.165) is 27.5 Å². The van der Waals surface area contributed by atoms with Gasteiger partial charge in [-0.05, 0) is 72.1 Å². The van der Waals surface area contributed by atoms with Gasteiger partial charge in [-0.25, -0.2) is 15.0 Å². The summed E-state index contributed by atoms with van der Waals surface area (Å²) in [4.78, 5) is 15.3. The molecular formula is C53H35N3. The van der Waals surface area contributed by atoms with Gasteiger partial charge in [-0.3, -0.25) is 0 Å². The summed E-state index contributed by atoms with van der Waals surface area (Å²) in [5.74, 6) is 1.90. The molecule has 0 aliphatic heterocycles. The average molecular weight is 714 g/mol. The zero-order chi connectivity index (χ0) is 37.3. The van der Waals surface area contributed by atoms with Crippen molar-refractivity contribution in [2.24, 2.45) is 0 Å². The molecule has 0 saturated heterocycles. The summed E-state index contributed by atoms with van der Waals surface area (Å²) in [5.41, 5.74) is 12.3. The number of nitrogens with zero attached hydrogens (tertiary/aromatic N) is 3. The number of fused-ring (bicyclic) bond motifs is 2. The van der Waals surface area contributed by atoms with Gasteiger partial charge in [0.1, 0.15) is 0 Å². The van der Waals surface area contributed by atoms with E-state index in [2.05, 4.69) is 176 Å². The third kappa shape index (κ3) is 6.02. The fourth-order valence-corrected chi connectivity index (χ4v) is 7.98. The van der Waals surface area contributed by atoms with Gasteiger partial charge in [-0.15, -0.1) is 0 Å². The smallest absolute Gasteiger partial charge is 0.164 e. The molecule has 0 atom stereocenters. The van der Waals surface area contributed by atoms with E-state index >= 15 is 0 Å². The number of rotatable bonds is 7. The van der Waals surface area contributed by atoms with Crippen LogP contribution in [0.25, 0.3) is 100 Å². The molecule has 10 aromatic rings. The molecular weight excluding hydrogens is 679 g/mol. The molecule has 0 amide bonds. The van der Waals surface area contributed by atoms with E-state index in [4.69, 9.17) is 15.0 Å². The lowest BCUT2D eigenvalue weighted by atomic mass is 9.82. The molecule has 9 aromatic carbocycles. The van der Waals surface area contributed by atoms with Gasteiger partial charge < -0.3 is 0 Å². The quantitative estimate of drug-likeness (QED) is 0.154. The predicted molar refractivity (Wildman–Crippen MR) is 233 cm³/mol. The third-order valence-corrected chi connectivity index (χ3v) is 10.5. The molecule has 0 radical (unpaired) electrons. The highest BCUT2D eigenvalue weighted by Crippen LogP contribution is 2.48. The molecule has 0 aliphatic carbocycles. The second kappa shape index (κ2) is 14.4. The largest absolute Gasteiger partial charge is 0.208 e. The normalized spacial score (nSPS) is 11.2. The zero-order valence-electron chi connectivity index (χ0n) is 30.5. The Labute approximate surface area is 326 Å². The van der Waals surface area contributed by atoms with Crippen LogP contribution in [0.3, 0.4) is 0 Å². The Balaban J connectivity index is 1.31. The molecule has 0 unspecified atom stereocenters. The maximum Gasteiger partial charge on any atom is 0.164 e. The number of aromatic nitrogens is 3. The van der Waals surface area contributed by atoms with E-state index in [9.17, 15) is 0 Å². The maximum absolute atomic E-state index is 5.15. The molecule has 56 heavy (non-hydrogen) atoms. The van der Waals surface area contributed by atoms with Gasteiger partial charge in [-0.1, -0.05) is 206 Å². The molecule has 1 aromatic heterocycles. The number of benzene rings is 9. The third-order valence-electron chi connectivity index (χ3n) is 10.5. The first kappa shape index (κ1) is 33.1. The molecule has 262 valence electrons. The van der Waals surface area contributed by atoms with E-state index in [1.165, 1.54) is 55.3 Å². The molecule has 1 heterocycles. The van der Waals surface area contributed by atoms with E-state index < -0.39 is 0 Å². The van der Waals surface area contributed by atoms with Crippen LogP contribution in [0.1, 0.15) is 0 Å². The van der Waals surface area contributed by atoms with Gasteiger partial charge in [0.25, 0.3) is 0 Å². The molecule has 0 spiro atoms. The Hall–Kier alpha value is -7.49. The summed E-state index contributed by atoms with van der Waals surface area (Å²) in [6, 6.07) is 74.9. The fraction of sp³-hybridized carbons (Fsp3) is 0. The second-order valence-electron chi connectivity index (χ2n) is 13.9. The topological polar surface area (TPSA) is 38.7 Å². The van der Waals surface area contributed by atoms with Crippen molar-refractivity contribution >= 4 is 21.5 Å². The lowest BCUT2D eigenvalue weighted by Gasteiger charge is -2.21. The summed E-state index contributed by atoms with van der Waals surface area (Å²) < 4.78 is 0. The number of hydrogen-bond donors (Lipinski definition) is 0. The average Bonchev–Trinajstić information content (AvgIpc) is 3.29. The highest BCUT2D eigenvalue weighted by atomic mass is 15.0.